The molecule has 0 bridgehead atoms. The summed E-state index contributed by atoms with van der Waals surface area (Å²) in [5.41, 5.74) is 5.57. The SMILES string of the molecule is CCOC(=O)c1cc(OCC)ccc1OCC(O)CN. The number of esters is 1. The lowest BCUT2D eigenvalue weighted by atomic mass is 10.2. The summed E-state index contributed by atoms with van der Waals surface area (Å²) in [6.45, 7) is 4.44. The number of carbonyl (C=O) groups excluding carboxylic acids is 1. The summed E-state index contributed by atoms with van der Waals surface area (Å²) in [6.07, 6.45) is -0.781. The van der Waals surface area contributed by atoms with Gasteiger partial charge < -0.3 is 25.1 Å². The number of rotatable bonds is 8. The molecule has 0 spiro atoms. The topological polar surface area (TPSA) is 91.0 Å². The minimum Gasteiger partial charge on any atom is -0.494 e. The van der Waals surface area contributed by atoms with Crippen LogP contribution >= 0.6 is 0 Å². The van der Waals surface area contributed by atoms with Gasteiger partial charge in [-0.15, -0.1) is 0 Å². The maximum Gasteiger partial charge on any atom is 0.342 e. The van der Waals surface area contributed by atoms with Gasteiger partial charge in [0, 0.05) is 6.54 Å². The van der Waals surface area contributed by atoms with E-state index >= 15 is 0 Å². The largest absolute Gasteiger partial charge is 0.494 e. The monoisotopic (exact) mass is 283 g/mol. The van der Waals surface area contributed by atoms with Crippen LogP contribution in [0, 0.1) is 0 Å². The van der Waals surface area contributed by atoms with Gasteiger partial charge in [-0.1, -0.05) is 0 Å². The highest BCUT2D eigenvalue weighted by molar-refractivity contribution is 5.93. The molecule has 0 aliphatic rings. The first-order valence-corrected chi connectivity index (χ1v) is 6.57. The van der Waals surface area contributed by atoms with Gasteiger partial charge in [0.1, 0.15) is 29.8 Å². The van der Waals surface area contributed by atoms with Gasteiger partial charge in [-0.3, -0.25) is 0 Å². The molecule has 1 aromatic carbocycles. The number of hydrogen-bond donors (Lipinski definition) is 2. The van der Waals surface area contributed by atoms with Crippen molar-refractivity contribution in [2.45, 2.75) is 20.0 Å². The molecule has 1 atom stereocenters. The number of aliphatic hydroxyl groups excluding tert-OH is 1. The van der Waals surface area contributed by atoms with E-state index in [1.807, 2.05) is 6.92 Å². The third-order valence-corrected chi connectivity index (χ3v) is 2.46. The minimum atomic E-state index is -0.781. The summed E-state index contributed by atoms with van der Waals surface area (Å²) in [4.78, 5) is 11.9. The lowest BCUT2D eigenvalue weighted by Gasteiger charge is -2.14. The van der Waals surface area contributed by atoms with Crippen LogP contribution < -0.4 is 15.2 Å². The molecule has 20 heavy (non-hydrogen) atoms. The highest BCUT2D eigenvalue weighted by atomic mass is 16.5. The summed E-state index contributed by atoms with van der Waals surface area (Å²) < 4.78 is 15.7. The molecule has 3 N–H and O–H groups in total. The standard InChI is InChI=1S/C14H21NO5/c1-3-18-11-5-6-13(20-9-10(16)8-15)12(7-11)14(17)19-4-2/h5-7,10,16H,3-4,8-9,15H2,1-2H3. The van der Waals surface area contributed by atoms with E-state index < -0.39 is 12.1 Å². The Hall–Kier alpha value is -1.79. The molecule has 6 heteroatoms. The average Bonchev–Trinajstić information content (AvgIpc) is 2.46. The Labute approximate surface area is 118 Å². The molecule has 1 aromatic rings. The smallest absolute Gasteiger partial charge is 0.342 e. The number of nitrogens with two attached hydrogens (primary N) is 1. The third kappa shape index (κ3) is 4.71. The summed E-state index contributed by atoms with van der Waals surface area (Å²) in [5, 5.41) is 9.40. The predicted octanol–water partition coefficient (Wildman–Crippen LogP) is 0.960. The second-order valence-corrected chi connectivity index (χ2v) is 4.01. The molecule has 0 saturated heterocycles. The first kappa shape index (κ1) is 16.3. The molecular formula is C14H21NO5. The number of aliphatic hydroxyl groups is 1. The van der Waals surface area contributed by atoms with E-state index in [9.17, 15) is 9.90 Å². The zero-order valence-electron chi connectivity index (χ0n) is 11.8. The molecule has 1 unspecified atom stereocenters. The average molecular weight is 283 g/mol. The highest BCUT2D eigenvalue weighted by Crippen LogP contribution is 2.25. The number of benzene rings is 1. The van der Waals surface area contributed by atoms with Crippen molar-refractivity contribution >= 4 is 5.97 Å². The molecule has 0 aromatic heterocycles. The van der Waals surface area contributed by atoms with E-state index in [0.717, 1.165) is 0 Å². The molecule has 0 aliphatic carbocycles. The van der Waals surface area contributed by atoms with Crippen molar-refractivity contribution in [2.75, 3.05) is 26.4 Å². The molecule has 0 radical (unpaired) electrons. The number of ether oxygens (including phenoxy) is 3. The van der Waals surface area contributed by atoms with Crippen molar-refractivity contribution in [3.05, 3.63) is 23.8 Å². The first-order chi connectivity index (χ1) is 9.62. The van der Waals surface area contributed by atoms with Gasteiger partial charge in [-0.2, -0.15) is 0 Å². The van der Waals surface area contributed by atoms with Crippen LogP contribution in [0.1, 0.15) is 24.2 Å². The molecule has 6 nitrogen and oxygen atoms in total. The van der Waals surface area contributed by atoms with Gasteiger partial charge in [-0.05, 0) is 32.0 Å². The van der Waals surface area contributed by atoms with Crippen molar-refractivity contribution in [3.63, 3.8) is 0 Å². The van der Waals surface area contributed by atoms with Crippen LogP contribution in [0.5, 0.6) is 11.5 Å². The van der Waals surface area contributed by atoms with Gasteiger partial charge in [0.05, 0.1) is 13.2 Å². The third-order valence-electron chi connectivity index (χ3n) is 2.46. The highest BCUT2D eigenvalue weighted by Gasteiger charge is 2.16. The van der Waals surface area contributed by atoms with E-state index in [2.05, 4.69) is 0 Å². The van der Waals surface area contributed by atoms with Crippen molar-refractivity contribution in [3.8, 4) is 11.5 Å². The number of hydrogen-bond acceptors (Lipinski definition) is 6. The molecule has 0 amide bonds. The molecular weight excluding hydrogens is 262 g/mol. The van der Waals surface area contributed by atoms with Gasteiger partial charge in [0.15, 0.2) is 0 Å². The Morgan fingerprint density at radius 2 is 2.05 bits per heavy atom. The Bertz CT molecular complexity index is 436. The zero-order chi connectivity index (χ0) is 15.0. The Kier molecular flexibility index (Phi) is 6.83. The number of carbonyl (C=O) groups is 1. The zero-order valence-corrected chi connectivity index (χ0v) is 11.8. The van der Waals surface area contributed by atoms with Crippen molar-refractivity contribution < 1.29 is 24.1 Å². The minimum absolute atomic E-state index is 0.0108. The molecule has 0 heterocycles. The van der Waals surface area contributed by atoms with Gasteiger partial charge >= 0.3 is 5.97 Å². The van der Waals surface area contributed by atoms with Crippen LogP contribution in [-0.4, -0.2) is 43.5 Å². The van der Waals surface area contributed by atoms with Crippen LogP contribution in [0.15, 0.2) is 18.2 Å². The fraction of sp³-hybridized carbons (Fsp3) is 0.500. The van der Waals surface area contributed by atoms with Crippen molar-refractivity contribution in [2.24, 2.45) is 5.73 Å². The first-order valence-electron chi connectivity index (χ1n) is 6.57. The van der Waals surface area contributed by atoms with Crippen molar-refractivity contribution in [1.82, 2.24) is 0 Å². The second-order valence-electron chi connectivity index (χ2n) is 4.01. The fourth-order valence-corrected chi connectivity index (χ4v) is 1.51. The van der Waals surface area contributed by atoms with Crippen LogP contribution in [0.25, 0.3) is 0 Å². The maximum absolute atomic E-state index is 11.9. The van der Waals surface area contributed by atoms with Crippen LogP contribution in [0.3, 0.4) is 0 Å². The molecule has 0 fully saturated rings. The van der Waals surface area contributed by atoms with E-state index in [-0.39, 0.29) is 25.3 Å². The van der Waals surface area contributed by atoms with E-state index in [4.69, 9.17) is 19.9 Å². The molecule has 0 saturated carbocycles. The quantitative estimate of drug-likeness (QED) is 0.691. The van der Waals surface area contributed by atoms with E-state index in [1.54, 1.807) is 25.1 Å². The lowest BCUT2D eigenvalue weighted by molar-refractivity contribution is 0.0515. The van der Waals surface area contributed by atoms with Gasteiger partial charge in [0.25, 0.3) is 0 Å². The van der Waals surface area contributed by atoms with Crippen molar-refractivity contribution in [1.29, 1.82) is 0 Å². The van der Waals surface area contributed by atoms with E-state index in [0.29, 0.717) is 18.1 Å². The fourth-order valence-electron chi connectivity index (χ4n) is 1.51. The summed E-state index contributed by atoms with van der Waals surface area (Å²) in [5.74, 6) is 0.396. The van der Waals surface area contributed by atoms with Crippen LogP contribution in [0.4, 0.5) is 0 Å². The lowest BCUT2D eigenvalue weighted by Crippen LogP contribution is -2.27. The summed E-state index contributed by atoms with van der Waals surface area (Å²) >= 11 is 0. The van der Waals surface area contributed by atoms with Crippen LogP contribution in [0.2, 0.25) is 0 Å². The predicted molar refractivity (Wildman–Crippen MR) is 74.1 cm³/mol. The second kappa shape index (κ2) is 8.39. The molecule has 0 aliphatic heterocycles. The van der Waals surface area contributed by atoms with Gasteiger partial charge in [-0.25, -0.2) is 4.79 Å². The normalized spacial score (nSPS) is 11.8. The van der Waals surface area contributed by atoms with Crippen LogP contribution in [-0.2, 0) is 4.74 Å². The Morgan fingerprint density at radius 3 is 2.65 bits per heavy atom. The summed E-state index contributed by atoms with van der Waals surface area (Å²) in [7, 11) is 0. The van der Waals surface area contributed by atoms with Gasteiger partial charge in [0.2, 0.25) is 0 Å². The Balaban J connectivity index is 2.93. The Morgan fingerprint density at radius 1 is 1.30 bits per heavy atom. The summed E-state index contributed by atoms with van der Waals surface area (Å²) in [6, 6.07) is 4.86. The maximum atomic E-state index is 11.9. The molecule has 112 valence electrons. The van der Waals surface area contributed by atoms with E-state index in [1.165, 1.54) is 0 Å². The molecule has 1 rings (SSSR count).